The molecule has 0 aromatic carbocycles. The lowest BCUT2D eigenvalue weighted by Gasteiger charge is -2.15. The van der Waals surface area contributed by atoms with Gasteiger partial charge in [-0.15, -0.1) is 0 Å². The molecule has 0 aliphatic rings. The van der Waals surface area contributed by atoms with Crippen LogP contribution in [0.3, 0.4) is 0 Å². The maximum atomic E-state index is 8.93. The van der Waals surface area contributed by atoms with Gasteiger partial charge in [-0.25, -0.2) is 0 Å². The molecule has 5 nitrogen and oxygen atoms in total. The molecule has 0 aromatic rings. The molecule has 0 aliphatic heterocycles. The van der Waals surface area contributed by atoms with Gasteiger partial charge in [-0.2, -0.15) is 0 Å². The Bertz CT molecular complexity index is 95.0. The molecular formula is C6H14O5. The largest absolute Gasteiger partial charge is 0.396 e. The highest BCUT2D eigenvalue weighted by Crippen LogP contribution is 2.03. The fourth-order valence-electron chi connectivity index (χ4n) is 0.667. The van der Waals surface area contributed by atoms with Crippen LogP contribution in [0.25, 0.3) is 0 Å². The molecule has 11 heavy (non-hydrogen) atoms. The average molecular weight is 166 g/mol. The molecule has 0 fully saturated rings. The quantitative estimate of drug-likeness (QED) is 0.298. The van der Waals surface area contributed by atoms with Crippen molar-refractivity contribution in [2.24, 2.45) is 0 Å². The van der Waals surface area contributed by atoms with Crippen LogP contribution in [0.15, 0.2) is 0 Å². The summed E-state index contributed by atoms with van der Waals surface area (Å²) in [5, 5.41) is 42.8. The van der Waals surface area contributed by atoms with Crippen molar-refractivity contribution in [1.29, 1.82) is 0 Å². The molecule has 0 bridgehead atoms. The topological polar surface area (TPSA) is 101 Å². The van der Waals surface area contributed by atoms with E-state index in [4.69, 9.17) is 25.5 Å². The van der Waals surface area contributed by atoms with Crippen molar-refractivity contribution in [2.45, 2.75) is 31.3 Å². The second kappa shape index (κ2) is 5.45. The van der Waals surface area contributed by atoms with Gasteiger partial charge in [-0.05, 0) is 6.42 Å². The highest BCUT2D eigenvalue weighted by molar-refractivity contribution is 4.64. The second-order valence-electron chi connectivity index (χ2n) is 2.38. The molecule has 2 atom stereocenters. The van der Waals surface area contributed by atoms with Crippen LogP contribution in [0.5, 0.6) is 0 Å². The van der Waals surface area contributed by atoms with Crippen molar-refractivity contribution >= 4 is 0 Å². The van der Waals surface area contributed by atoms with Crippen LogP contribution in [0.1, 0.15) is 12.8 Å². The summed E-state index contributed by atoms with van der Waals surface area (Å²) in [5.41, 5.74) is 0. The molecule has 0 saturated heterocycles. The van der Waals surface area contributed by atoms with E-state index in [0.29, 0.717) is 0 Å². The second-order valence-corrected chi connectivity index (χ2v) is 2.38. The van der Waals surface area contributed by atoms with Crippen molar-refractivity contribution in [3.05, 3.63) is 0 Å². The fraction of sp³-hybridized carbons (Fsp3) is 1.00. The Morgan fingerprint density at radius 3 is 1.91 bits per heavy atom. The minimum atomic E-state index is -1.83. The van der Waals surface area contributed by atoms with Gasteiger partial charge in [-0.1, -0.05) is 0 Å². The number of aliphatic hydroxyl groups excluding tert-OH is 4. The molecule has 0 rings (SSSR count). The van der Waals surface area contributed by atoms with Gasteiger partial charge in [0.2, 0.25) is 0 Å². The molecule has 0 radical (unpaired) electrons. The molecule has 5 heteroatoms. The van der Waals surface area contributed by atoms with Crippen molar-refractivity contribution in [1.82, 2.24) is 0 Å². The summed E-state index contributed by atoms with van der Waals surface area (Å²) < 4.78 is 0. The number of aliphatic hydroxyl groups is 5. The molecule has 68 valence electrons. The van der Waals surface area contributed by atoms with E-state index < -0.39 is 18.5 Å². The average Bonchev–Trinajstić information content (AvgIpc) is 1.87. The monoisotopic (exact) mass is 166 g/mol. The maximum absolute atomic E-state index is 8.93. The summed E-state index contributed by atoms with van der Waals surface area (Å²) in [6, 6.07) is 0. The van der Waals surface area contributed by atoms with E-state index in [9.17, 15) is 0 Å². The van der Waals surface area contributed by atoms with Gasteiger partial charge in [0.05, 0.1) is 6.10 Å². The van der Waals surface area contributed by atoms with Gasteiger partial charge < -0.3 is 25.5 Å². The third-order valence-electron chi connectivity index (χ3n) is 1.32. The lowest BCUT2D eigenvalue weighted by Crippen LogP contribution is -2.29. The van der Waals surface area contributed by atoms with Gasteiger partial charge in [0.25, 0.3) is 0 Å². The Labute approximate surface area is 64.5 Å². The van der Waals surface area contributed by atoms with Crippen LogP contribution < -0.4 is 0 Å². The van der Waals surface area contributed by atoms with E-state index in [1.54, 1.807) is 0 Å². The lowest BCUT2D eigenvalue weighted by atomic mass is 10.1. The van der Waals surface area contributed by atoms with Crippen molar-refractivity contribution in [3.8, 4) is 0 Å². The van der Waals surface area contributed by atoms with Crippen molar-refractivity contribution < 1.29 is 25.5 Å². The predicted octanol–water partition coefficient (Wildman–Crippen LogP) is -2.21. The van der Waals surface area contributed by atoms with Crippen LogP contribution in [-0.4, -0.2) is 50.6 Å². The number of hydrogen-bond acceptors (Lipinski definition) is 5. The summed E-state index contributed by atoms with van der Waals surface area (Å²) in [6.07, 6.45) is -4.08. The molecule has 0 aliphatic carbocycles. The van der Waals surface area contributed by atoms with E-state index >= 15 is 0 Å². The molecule has 0 saturated carbocycles. The Kier molecular flexibility index (Phi) is 5.35. The summed E-state index contributed by atoms with van der Waals surface area (Å²) in [6.45, 7) is -0.185. The SMILES string of the molecule is OCC[C@H](O)C[C@H](O)C(O)O. The van der Waals surface area contributed by atoms with Gasteiger partial charge >= 0.3 is 0 Å². The smallest absolute Gasteiger partial charge is 0.178 e. The van der Waals surface area contributed by atoms with Crippen LogP contribution >= 0.6 is 0 Å². The van der Waals surface area contributed by atoms with E-state index in [0.717, 1.165) is 0 Å². The highest BCUT2D eigenvalue weighted by atomic mass is 16.5. The Hall–Kier alpha value is -0.200. The minimum absolute atomic E-state index is 0.129. The molecule has 5 N–H and O–H groups in total. The molecule has 0 unspecified atom stereocenters. The van der Waals surface area contributed by atoms with Crippen LogP contribution in [0.2, 0.25) is 0 Å². The fourth-order valence-corrected chi connectivity index (χ4v) is 0.667. The van der Waals surface area contributed by atoms with Gasteiger partial charge in [-0.3, -0.25) is 0 Å². The van der Waals surface area contributed by atoms with Crippen LogP contribution in [0.4, 0.5) is 0 Å². The first kappa shape index (κ1) is 10.8. The van der Waals surface area contributed by atoms with Crippen LogP contribution in [0, 0.1) is 0 Å². The van der Waals surface area contributed by atoms with E-state index in [2.05, 4.69) is 0 Å². The summed E-state index contributed by atoms with van der Waals surface area (Å²) in [5.74, 6) is 0. The minimum Gasteiger partial charge on any atom is -0.396 e. The normalized spacial score (nSPS) is 16.9. The number of hydrogen-bond donors (Lipinski definition) is 5. The third kappa shape index (κ3) is 5.11. The van der Waals surface area contributed by atoms with E-state index in [1.165, 1.54) is 0 Å². The van der Waals surface area contributed by atoms with E-state index in [-0.39, 0.29) is 19.4 Å². The Morgan fingerprint density at radius 1 is 1.00 bits per heavy atom. The van der Waals surface area contributed by atoms with Gasteiger partial charge in [0.15, 0.2) is 6.29 Å². The maximum Gasteiger partial charge on any atom is 0.178 e. The standard InChI is InChI=1S/C6H14O5/c7-2-1-4(8)3-5(9)6(10)11/h4-11H,1-3H2/t4-,5-/m0/s1. The first-order chi connectivity index (χ1) is 5.07. The summed E-state index contributed by atoms with van der Waals surface area (Å²) in [7, 11) is 0. The third-order valence-corrected chi connectivity index (χ3v) is 1.32. The summed E-state index contributed by atoms with van der Waals surface area (Å²) in [4.78, 5) is 0. The number of rotatable bonds is 5. The zero-order chi connectivity index (χ0) is 8.85. The Balaban J connectivity index is 3.48. The van der Waals surface area contributed by atoms with Gasteiger partial charge in [0, 0.05) is 13.0 Å². The first-order valence-electron chi connectivity index (χ1n) is 3.41. The molecule has 0 amide bonds. The zero-order valence-electron chi connectivity index (χ0n) is 6.09. The zero-order valence-corrected chi connectivity index (χ0v) is 6.09. The first-order valence-corrected chi connectivity index (χ1v) is 3.41. The summed E-state index contributed by atoms with van der Waals surface area (Å²) >= 11 is 0. The molecular weight excluding hydrogens is 152 g/mol. The van der Waals surface area contributed by atoms with Crippen molar-refractivity contribution in [3.63, 3.8) is 0 Å². The lowest BCUT2D eigenvalue weighted by molar-refractivity contribution is -0.133. The molecule has 0 spiro atoms. The van der Waals surface area contributed by atoms with Crippen LogP contribution in [-0.2, 0) is 0 Å². The molecule has 0 heterocycles. The predicted molar refractivity (Wildman–Crippen MR) is 36.6 cm³/mol. The van der Waals surface area contributed by atoms with E-state index in [1.807, 2.05) is 0 Å². The Morgan fingerprint density at radius 2 is 1.55 bits per heavy atom. The van der Waals surface area contributed by atoms with Gasteiger partial charge in [0.1, 0.15) is 6.10 Å². The highest BCUT2D eigenvalue weighted by Gasteiger charge is 2.16. The molecule has 0 aromatic heterocycles. The van der Waals surface area contributed by atoms with Crippen molar-refractivity contribution in [2.75, 3.05) is 6.61 Å².